The molecule has 0 aliphatic carbocycles. The van der Waals surface area contributed by atoms with Crippen molar-refractivity contribution in [1.29, 1.82) is 0 Å². The minimum atomic E-state index is -1.05. The van der Waals surface area contributed by atoms with E-state index in [1.807, 2.05) is 0 Å². The molecule has 0 saturated carbocycles. The summed E-state index contributed by atoms with van der Waals surface area (Å²) in [6.45, 7) is 1.98. The topological polar surface area (TPSA) is 78.9 Å². The summed E-state index contributed by atoms with van der Waals surface area (Å²) in [7, 11) is 0. The Bertz CT molecular complexity index is 582. The molecule has 0 aromatic heterocycles. The third kappa shape index (κ3) is 4.03. The highest BCUT2D eigenvalue weighted by Crippen LogP contribution is 2.30. The largest absolute Gasteiger partial charge is 0.465 e. The Morgan fingerprint density at radius 3 is 2.68 bits per heavy atom. The van der Waals surface area contributed by atoms with Crippen molar-refractivity contribution in [2.24, 2.45) is 0 Å². The maximum absolute atomic E-state index is 11.4. The smallest absolute Gasteiger partial charge is 0.407 e. The van der Waals surface area contributed by atoms with Crippen LogP contribution in [0.25, 0.3) is 0 Å². The number of carboxylic acid groups (broad SMARTS) is 1. The van der Waals surface area contributed by atoms with Crippen LogP contribution >= 0.6 is 23.2 Å². The lowest BCUT2D eigenvalue weighted by Crippen LogP contribution is -2.46. The van der Waals surface area contributed by atoms with E-state index < -0.39 is 18.2 Å². The third-order valence-electron chi connectivity index (χ3n) is 3.37. The van der Waals surface area contributed by atoms with Crippen molar-refractivity contribution in [3.05, 3.63) is 33.8 Å². The van der Waals surface area contributed by atoms with Crippen LogP contribution in [0.4, 0.5) is 4.79 Å². The number of hydrogen-bond acceptors (Lipinski definition) is 3. The zero-order chi connectivity index (χ0) is 16.3. The van der Waals surface area contributed by atoms with Gasteiger partial charge in [-0.05, 0) is 17.7 Å². The molecule has 0 radical (unpaired) electrons. The van der Waals surface area contributed by atoms with E-state index in [0.29, 0.717) is 10.0 Å². The van der Waals surface area contributed by atoms with E-state index in [4.69, 9.17) is 27.9 Å². The number of nitrogens with zero attached hydrogens (tertiary/aromatic N) is 1. The molecule has 2 amide bonds. The van der Waals surface area contributed by atoms with Gasteiger partial charge in [0.25, 0.3) is 0 Å². The summed E-state index contributed by atoms with van der Waals surface area (Å²) >= 11 is 11.9. The van der Waals surface area contributed by atoms with Gasteiger partial charge in [-0.3, -0.25) is 4.79 Å². The van der Waals surface area contributed by atoms with E-state index >= 15 is 0 Å². The van der Waals surface area contributed by atoms with Crippen molar-refractivity contribution in [2.75, 3.05) is 19.7 Å². The fourth-order valence-electron chi connectivity index (χ4n) is 2.40. The minimum absolute atomic E-state index is 0.139. The fraction of sp³-hybridized carbons (Fsp3) is 0.429. The van der Waals surface area contributed by atoms with Gasteiger partial charge in [-0.15, -0.1) is 0 Å². The molecular formula is C14H16Cl2N2O4. The molecule has 2 rings (SSSR count). The number of rotatable bonds is 2. The van der Waals surface area contributed by atoms with E-state index in [0.717, 1.165) is 5.56 Å². The van der Waals surface area contributed by atoms with Gasteiger partial charge in [0.15, 0.2) is 0 Å². The van der Waals surface area contributed by atoms with Crippen molar-refractivity contribution in [1.82, 2.24) is 10.2 Å². The number of halogens is 2. The highest BCUT2D eigenvalue weighted by atomic mass is 35.5. The molecule has 1 fully saturated rings. The average molecular weight is 347 g/mol. The number of carbonyl (C=O) groups is 2. The number of nitrogens with one attached hydrogen (secondary N) is 1. The van der Waals surface area contributed by atoms with Crippen LogP contribution in [0.2, 0.25) is 10.0 Å². The van der Waals surface area contributed by atoms with Crippen molar-refractivity contribution in [3.63, 3.8) is 0 Å². The van der Waals surface area contributed by atoms with Crippen LogP contribution in [0, 0.1) is 0 Å². The molecule has 1 aliphatic heterocycles. The van der Waals surface area contributed by atoms with Gasteiger partial charge in [0.05, 0.1) is 22.7 Å². The molecule has 22 heavy (non-hydrogen) atoms. The lowest BCUT2D eigenvalue weighted by Gasteiger charge is -2.27. The molecule has 0 bridgehead atoms. The van der Waals surface area contributed by atoms with E-state index in [-0.39, 0.29) is 25.6 Å². The van der Waals surface area contributed by atoms with Gasteiger partial charge in [0.2, 0.25) is 5.91 Å². The van der Waals surface area contributed by atoms with Gasteiger partial charge < -0.3 is 20.1 Å². The molecule has 1 aromatic carbocycles. The average Bonchev–Trinajstić information content (AvgIpc) is 2.64. The first kappa shape index (κ1) is 16.9. The summed E-state index contributed by atoms with van der Waals surface area (Å²) in [5.41, 5.74) is 0.736. The molecule has 2 atom stereocenters. The van der Waals surface area contributed by atoms with Crippen LogP contribution < -0.4 is 5.32 Å². The summed E-state index contributed by atoms with van der Waals surface area (Å²) in [5, 5.41) is 12.7. The van der Waals surface area contributed by atoms with Crippen LogP contribution in [0.3, 0.4) is 0 Å². The lowest BCUT2D eigenvalue weighted by atomic mass is 10.0. The number of hydrogen-bond donors (Lipinski definition) is 2. The molecule has 1 aliphatic rings. The maximum atomic E-state index is 11.4. The van der Waals surface area contributed by atoms with E-state index in [1.54, 1.807) is 18.2 Å². The van der Waals surface area contributed by atoms with Crippen LogP contribution in [0.5, 0.6) is 0 Å². The lowest BCUT2D eigenvalue weighted by molar-refractivity contribution is -0.120. The molecular weight excluding hydrogens is 331 g/mol. The van der Waals surface area contributed by atoms with Crippen molar-refractivity contribution in [2.45, 2.75) is 19.1 Å². The number of amides is 2. The molecule has 0 unspecified atom stereocenters. The first-order chi connectivity index (χ1) is 10.4. The Hall–Kier alpha value is -1.50. The summed E-state index contributed by atoms with van der Waals surface area (Å²) in [6.07, 6.45) is -1.54. The number of benzene rings is 1. The summed E-state index contributed by atoms with van der Waals surface area (Å²) in [4.78, 5) is 23.8. The molecule has 1 heterocycles. The van der Waals surface area contributed by atoms with Crippen LogP contribution in [-0.4, -0.2) is 47.7 Å². The molecule has 1 aromatic rings. The maximum Gasteiger partial charge on any atom is 0.407 e. The third-order valence-corrected chi connectivity index (χ3v) is 4.11. The molecule has 6 nitrogen and oxygen atoms in total. The minimum Gasteiger partial charge on any atom is -0.465 e. The highest BCUT2D eigenvalue weighted by Gasteiger charge is 2.32. The Morgan fingerprint density at radius 1 is 1.36 bits per heavy atom. The molecule has 0 spiro atoms. The highest BCUT2D eigenvalue weighted by molar-refractivity contribution is 6.42. The Kier molecular flexibility index (Phi) is 5.50. The van der Waals surface area contributed by atoms with Crippen LogP contribution in [-0.2, 0) is 9.53 Å². The predicted octanol–water partition coefficient (Wildman–Crippen LogP) is 2.55. The summed E-state index contributed by atoms with van der Waals surface area (Å²) in [5.74, 6) is -0.258. The standard InChI is InChI=1S/C14H16Cl2N2O4/c1-8(19)17-12-7-18(14(20)21)4-5-22-13(12)9-2-3-10(15)11(16)6-9/h2-3,6,12-13H,4-5,7H2,1H3,(H,17,19)(H,20,21)/t12-,13+/m1/s1. The second-order valence-corrected chi connectivity index (χ2v) is 5.81. The molecule has 120 valence electrons. The predicted molar refractivity (Wildman–Crippen MR) is 82.4 cm³/mol. The van der Waals surface area contributed by atoms with E-state index in [9.17, 15) is 14.7 Å². The van der Waals surface area contributed by atoms with Gasteiger partial charge in [-0.25, -0.2) is 4.79 Å². The Balaban J connectivity index is 2.30. The van der Waals surface area contributed by atoms with Crippen molar-refractivity contribution in [3.8, 4) is 0 Å². The summed E-state index contributed by atoms with van der Waals surface area (Å²) in [6, 6.07) is 4.56. The zero-order valence-corrected chi connectivity index (χ0v) is 13.4. The monoisotopic (exact) mass is 346 g/mol. The summed E-state index contributed by atoms with van der Waals surface area (Å²) < 4.78 is 5.76. The fourth-order valence-corrected chi connectivity index (χ4v) is 2.71. The van der Waals surface area contributed by atoms with E-state index in [1.165, 1.54) is 11.8 Å². The Labute approximate surface area is 137 Å². The first-order valence-corrected chi connectivity index (χ1v) is 7.45. The quantitative estimate of drug-likeness (QED) is 0.862. The SMILES string of the molecule is CC(=O)N[C@@H]1CN(C(=O)O)CCO[C@H]1c1ccc(Cl)c(Cl)c1. The van der Waals surface area contributed by atoms with Gasteiger partial charge in [0, 0.05) is 20.0 Å². The molecule has 2 N–H and O–H groups in total. The van der Waals surface area contributed by atoms with Crippen LogP contribution in [0.15, 0.2) is 18.2 Å². The van der Waals surface area contributed by atoms with Crippen molar-refractivity contribution < 1.29 is 19.4 Å². The number of ether oxygens (including phenoxy) is 1. The normalized spacial score (nSPS) is 22.0. The van der Waals surface area contributed by atoms with Gasteiger partial charge in [-0.2, -0.15) is 0 Å². The first-order valence-electron chi connectivity index (χ1n) is 6.70. The van der Waals surface area contributed by atoms with Gasteiger partial charge in [-0.1, -0.05) is 29.3 Å². The molecule has 8 heteroatoms. The zero-order valence-electron chi connectivity index (χ0n) is 11.9. The van der Waals surface area contributed by atoms with Gasteiger partial charge in [0.1, 0.15) is 6.10 Å². The van der Waals surface area contributed by atoms with Crippen LogP contribution in [0.1, 0.15) is 18.6 Å². The van der Waals surface area contributed by atoms with Crippen molar-refractivity contribution >= 4 is 35.2 Å². The van der Waals surface area contributed by atoms with E-state index in [2.05, 4.69) is 5.32 Å². The number of carbonyl (C=O) groups excluding carboxylic acids is 1. The second kappa shape index (κ2) is 7.17. The Morgan fingerprint density at radius 2 is 2.09 bits per heavy atom. The second-order valence-electron chi connectivity index (χ2n) is 5.00. The van der Waals surface area contributed by atoms with Gasteiger partial charge >= 0.3 is 6.09 Å². The molecule has 1 saturated heterocycles.